The molecule has 17 heavy (non-hydrogen) atoms. The molecule has 2 radical (unpaired) electrons. The molecule has 0 saturated carbocycles. The van der Waals surface area contributed by atoms with Crippen molar-refractivity contribution in [3.63, 3.8) is 0 Å². The van der Waals surface area contributed by atoms with Crippen molar-refractivity contribution < 1.29 is 0 Å². The molecule has 4 rings (SSSR count). The molecule has 0 N–H and O–H groups in total. The quantitative estimate of drug-likeness (QED) is 0.407. The summed E-state index contributed by atoms with van der Waals surface area (Å²) in [6, 6.07) is 22.0. The Balaban J connectivity index is 2.22. The summed E-state index contributed by atoms with van der Waals surface area (Å²) in [6.07, 6.45) is 0. The van der Waals surface area contributed by atoms with E-state index in [1.165, 1.54) is 32.3 Å². The van der Waals surface area contributed by atoms with Crippen molar-refractivity contribution in [2.45, 2.75) is 0 Å². The first-order valence-corrected chi connectivity index (χ1v) is 6.82. The van der Waals surface area contributed by atoms with Crippen LogP contribution in [0.5, 0.6) is 0 Å². The Morgan fingerprint density at radius 2 is 1.29 bits per heavy atom. The fourth-order valence-corrected chi connectivity index (χ4v) is 4.05. The van der Waals surface area contributed by atoms with E-state index in [2.05, 4.69) is 60.7 Å². The molecule has 1 aliphatic rings. The van der Waals surface area contributed by atoms with Gasteiger partial charge in [-0.15, -0.1) is 0 Å². The van der Waals surface area contributed by atoms with Crippen molar-refractivity contribution in [2.75, 3.05) is 0 Å². The molecular formula is C16H10Si. The average molecular weight is 230 g/mol. The lowest BCUT2D eigenvalue weighted by atomic mass is 9.97. The summed E-state index contributed by atoms with van der Waals surface area (Å²) >= 11 is 0. The lowest BCUT2D eigenvalue weighted by Crippen LogP contribution is -2.32. The first-order valence-electron chi connectivity index (χ1n) is 5.82. The third kappa shape index (κ3) is 1.23. The molecule has 0 amide bonds. The number of hydrogen-bond acceptors (Lipinski definition) is 0. The Labute approximate surface area is 103 Å². The molecule has 0 unspecified atom stereocenters. The van der Waals surface area contributed by atoms with E-state index < -0.39 is 0 Å². The summed E-state index contributed by atoms with van der Waals surface area (Å²) < 4.78 is 0. The number of rotatable bonds is 0. The topological polar surface area (TPSA) is 0 Å². The summed E-state index contributed by atoms with van der Waals surface area (Å²) in [5.74, 6) is 0. The molecule has 0 fully saturated rings. The van der Waals surface area contributed by atoms with Crippen LogP contribution in [0.4, 0.5) is 0 Å². The SMILES string of the molecule is c1ccc2c(c1)[Si]c1cccc3cccc-2c13. The van der Waals surface area contributed by atoms with Crippen molar-refractivity contribution in [3.05, 3.63) is 60.7 Å². The maximum Gasteiger partial charge on any atom is 0.123 e. The van der Waals surface area contributed by atoms with Gasteiger partial charge in [0.25, 0.3) is 0 Å². The summed E-state index contributed by atoms with van der Waals surface area (Å²) in [7, 11) is 0.788. The van der Waals surface area contributed by atoms with Crippen LogP contribution < -0.4 is 10.4 Å². The van der Waals surface area contributed by atoms with E-state index in [1.54, 1.807) is 0 Å². The summed E-state index contributed by atoms with van der Waals surface area (Å²) in [4.78, 5) is 0. The maximum absolute atomic E-state index is 2.26. The highest BCUT2D eigenvalue weighted by Crippen LogP contribution is 2.28. The van der Waals surface area contributed by atoms with Gasteiger partial charge in [0.15, 0.2) is 0 Å². The van der Waals surface area contributed by atoms with Gasteiger partial charge in [-0.1, -0.05) is 65.9 Å². The van der Waals surface area contributed by atoms with E-state index in [1.807, 2.05) is 0 Å². The number of fused-ring (bicyclic) bond motifs is 2. The van der Waals surface area contributed by atoms with Gasteiger partial charge in [-0.25, -0.2) is 0 Å². The Morgan fingerprint density at radius 1 is 0.588 bits per heavy atom. The molecule has 0 nitrogen and oxygen atoms in total. The van der Waals surface area contributed by atoms with Crippen LogP contribution >= 0.6 is 0 Å². The lowest BCUT2D eigenvalue weighted by Gasteiger charge is -2.19. The molecule has 1 aliphatic heterocycles. The second-order valence-electron chi connectivity index (χ2n) is 4.38. The van der Waals surface area contributed by atoms with Crippen LogP contribution in [0, 0.1) is 0 Å². The molecule has 1 heteroatoms. The average Bonchev–Trinajstić information content (AvgIpc) is 2.39. The van der Waals surface area contributed by atoms with Crippen LogP contribution in [-0.2, 0) is 0 Å². The van der Waals surface area contributed by atoms with Crippen molar-refractivity contribution in [1.29, 1.82) is 0 Å². The van der Waals surface area contributed by atoms with Crippen LogP contribution in [0.2, 0.25) is 0 Å². The van der Waals surface area contributed by atoms with Crippen molar-refractivity contribution in [3.8, 4) is 11.1 Å². The van der Waals surface area contributed by atoms with Gasteiger partial charge in [0.2, 0.25) is 0 Å². The normalized spacial score (nSPS) is 12.5. The molecule has 78 valence electrons. The highest BCUT2D eigenvalue weighted by molar-refractivity contribution is 6.73. The van der Waals surface area contributed by atoms with Gasteiger partial charge in [0.1, 0.15) is 9.52 Å². The Morgan fingerprint density at radius 3 is 2.24 bits per heavy atom. The molecule has 0 atom stereocenters. The van der Waals surface area contributed by atoms with Gasteiger partial charge < -0.3 is 0 Å². The molecule has 0 aliphatic carbocycles. The van der Waals surface area contributed by atoms with Crippen LogP contribution in [-0.4, -0.2) is 9.52 Å². The van der Waals surface area contributed by atoms with Gasteiger partial charge in [0, 0.05) is 0 Å². The Hall–Kier alpha value is -1.86. The smallest absolute Gasteiger partial charge is 0.0625 e. The van der Waals surface area contributed by atoms with Crippen LogP contribution in [0.1, 0.15) is 0 Å². The van der Waals surface area contributed by atoms with E-state index in [-0.39, 0.29) is 0 Å². The molecule has 0 saturated heterocycles. The lowest BCUT2D eigenvalue weighted by molar-refractivity contribution is 1.68. The number of benzene rings is 3. The van der Waals surface area contributed by atoms with Gasteiger partial charge in [0.05, 0.1) is 0 Å². The maximum atomic E-state index is 2.26. The zero-order valence-electron chi connectivity index (χ0n) is 9.27. The Bertz CT molecular complexity index is 723. The number of hydrogen-bond donors (Lipinski definition) is 0. The van der Waals surface area contributed by atoms with E-state index in [0.29, 0.717) is 0 Å². The van der Waals surface area contributed by atoms with E-state index >= 15 is 0 Å². The largest absolute Gasteiger partial charge is 0.123 e. The molecule has 0 aromatic heterocycles. The predicted molar refractivity (Wildman–Crippen MR) is 74.4 cm³/mol. The predicted octanol–water partition coefficient (Wildman–Crippen LogP) is 2.48. The van der Waals surface area contributed by atoms with Crippen LogP contribution in [0.3, 0.4) is 0 Å². The minimum absolute atomic E-state index is 0.788. The molecular weight excluding hydrogens is 220 g/mol. The monoisotopic (exact) mass is 230 g/mol. The van der Waals surface area contributed by atoms with Crippen molar-refractivity contribution in [1.82, 2.24) is 0 Å². The van der Waals surface area contributed by atoms with Crippen LogP contribution in [0.25, 0.3) is 21.9 Å². The van der Waals surface area contributed by atoms with Gasteiger partial charge >= 0.3 is 0 Å². The zero-order valence-corrected chi connectivity index (χ0v) is 10.3. The highest BCUT2D eigenvalue weighted by Gasteiger charge is 2.17. The Kier molecular flexibility index (Phi) is 1.79. The second kappa shape index (κ2) is 3.31. The van der Waals surface area contributed by atoms with E-state index in [0.717, 1.165) is 9.52 Å². The summed E-state index contributed by atoms with van der Waals surface area (Å²) in [5.41, 5.74) is 2.81. The van der Waals surface area contributed by atoms with Crippen molar-refractivity contribution in [2.24, 2.45) is 0 Å². The third-order valence-electron chi connectivity index (χ3n) is 3.39. The van der Waals surface area contributed by atoms with E-state index in [4.69, 9.17) is 0 Å². The van der Waals surface area contributed by atoms with Gasteiger partial charge in [-0.05, 0) is 27.1 Å². The fraction of sp³-hybridized carbons (Fsp3) is 0. The summed E-state index contributed by atoms with van der Waals surface area (Å²) in [6.45, 7) is 0. The van der Waals surface area contributed by atoms with Crippen molar-refractivity contribution >= 4 is 30.7 Å². The minimum atomic E-state index is 0.788. The third-order valence-corrected chi connectivity index (χ3v) is 4.78. The molecule has 0 bridgehead atoms. The van der Waals surface area contributed by atoms with Crippen LogP contribution in [0.15, 0.2) is 60.7 Å². The van der Waals surface area contributed by atoms with E-state index in [9.17, 15) is 0 Å². The molecule has 3 aromatic rings. The summed E-state index contributed by atoms with van der Waals surface area (Å²) in [5, 5.41) is 5.77. The molecule has 0 spiro atoms. The van der Waals surface area contributed by atoms with Gasteiger partial charge in [-0.3, -0.25) is 0 Å². The second-order valence-corrected chi connectivity index (χ2v) is 5.71. The first kappa shape index (κ1) is 9.20. The highest BCUT2D eigenvalue weighted by atomic mass is 28.2. The molecule has 3 aromatic carbocycles. The van der Waals surface area contributed by atoms with Gasteiger partial charge in [-0.2, -0.15) is 0 Å². The first-order chi connectivity index (χ1) is 8.43. The zero-order chi connectivity index (χ0) is 11.2. The molecule has 1 heterocycles. The standard InChI is InChI=1S/C16H10Si/c1-2-9-14-12(7-1)13-8-3-5-11-6-4-10-15(17-14)16(11)13/h1-10H. The minimum Gasteiger partial charge on any atom is -0.0625 e. The fourth-order valence-electron chi connectivity index (χ4n) is 2.64.